The molecule has 0 aliphatic carbocycles. The lowest BCUT2D eigenvalue weighted by Gasteiger charge is -2.37. The van der Waals surface area contributed by atoms with Crippen LogP contribution >= 0.6 is 0 Å². The Kier molecular flexibility index (Phi) is 6.34. The summed E-state index contributed by atoms with van der Waals surface area (Å²) in [5.41, 5.74) is 2.56. The molecule has 0 bridgehead atoms. The lowest BCUT2D eigenvalue weighted by atomic mass is 9.99. The first-order valence-electron chi connectivity index (χ1n) is 9.78. The Hall–Kier alpha value is -2.83. The third-order valence-corrected chi connectivity index (χ3v) is 5.27. The maximum Gasteiger partial charge on any atom is 0.293 e. The summed E-state index contributed by atoms with van der Waals surface area (Å²) in [6, 6.07) is 8.64. The molecule has 1 aromatic carbocycles. The minimum absolute atomic E-state index is 0.0505. The first-order chi connectivity index (χ1) is 13.5. The SMILES string of the molecule is CN=C(NCC(C)c1cccc(C)c1)N1CCN(c2nccn(C)c2=O)CC1. The van der Waals surface area contributed by atoms with Crippen molar-refractivity contribution in [1.82, 2.24) is 19.8 Å². The fourth-order valence-electron chi connectivity index (χ4n) is 3.50. The van der Waals surface area contributed by atoms with E-state index in [4.69, 9.17) is 0 Å². The van der Waals surface area contributed by atoms with E-state index in [1.807, 2.05) is 7.05 Å². The summed E-state index contributed by atoms with van der Waals surface area (Å²) in [5, 5.41) is 3.51. The lowest BCUT2D eigenvalue weighted by Crippen LogP contribution is -2.54. The van der Waals surface area contributed by atoms with Gasteiger partial charge in [0.2, 0.25) is 0 Å². The first kappa shape index (κ1) is 19.9. The van der Waals surface area contributed by atoms with Crippen molar-refractivity contribution < 1.29 is 0 Å². The molecule has 3 rings (SSSR count). The van der Waals surface area contributed by atoms with Gasteiger partial charge in [-0.15, -0.1) is 0 Å². The number of benzene rings is 1. The Labute approximate surface area is 166 Å². The van der Waals surface area contributed by atoms with E-state index in [1.165, 1.54) is 11.1 Å². The quantitative estimate of drug-likeness (QED) is 0.643. The van der Waals surface area contributed by atoms with Crippen LogP contribution in [0.2, 0.25) is 0 Å². The summed E-state index contributed by atoms with van der Waals surface area (Å²) in [5.74, 6) is 1.84. The highest BCUT2D eigenvalue weighted by Gasteiger charge is 2.22. The number of aryl methyl sites for hydroxylation is 2. The average molecular weight is 383 g/mol. The van der Waals surface area contributed by atoms with Gasteiger partial charge >= 0.3 is 0 Å². The van der Waals surface area contributed by atoms with Crippen molar-refractivity contribution in [2.75, 3.05) is 44.7 Å². The zero-order chi connectivity index (χ0) is 20.1. The molecule has 1 fully saturated rings. The van der Waals surface area contributed by atoms with Gasteiger partial charge in [0.05, 0.1) is 0 Å². The molecule has 1 saturated heterocycles. The van der Waals surface area contributed by atoms with Gasteiger partial charge in [0.25, 0.3) is 5.56 Å². The molecule has 0 radical (unpaired) electrons. The molecule has 1 atom stereocenters. The molecule has 2 aromatic rings. The number of hydrogen-bond donors (Lipinski definition) is 1. The van der Waals surface area contributed by atoms with E-state index in [0.717, 1.165) is 38.7 Å². The van der Waals surface area contributed by atoms with E-state index in [-0.39, 0.29) is 5.56 Å². The van der Waals surface area contributed by atoms with Crippen LogP contribution < -0.4 is 15.8 Å². The number of aliphatic imine (C=N–C) groups is 1. The lowest BCUT2D eigenvalue weighted by molar-refractivity contribution is 0.370. The Balaban J connectivity index is 1.56. The molecule has 0 saturated carbocycles. The van der Waals surface area contributed by atoms with Crippen molar-refractivity contribution in [1.29, 1.82) is 0 Å². The van der Waals surface area contributed by atoms with Crippen molar-refractivity contribution in [3.05, 3.63) is 58.1 Å². The fraction of sp³-hybridized carbons (Fsp3) is 0.476. The largest absolute Gasteiger partial charge is 0.356 e. The van der Waals surface area contributed by atoms with Crippen LogP contribution in [0.3, 0.4) is 0 Å². The second-order valence-electron chi connectivity index (χ2n) is 7.38. The zero-order valence-corrected chi connectivity index (χ0v) is 17.2. The second-order valence-corrected chi connectivity index (χ2v) is 7.38. The maximum atomic E-state index is 12.3. The van der Waals surface area contributed by atoms with Gasteiger partial charge in [-0.2, -0.15) is 0 Å². The van der Waals surface area contributed by atoms with Crippen molar-refractivity contribution in [2.45, 2.75) is 19.8 Å². The van der Waals surface area contributed by atoms with Gasteiger partial charge in [0, 0.05) is 59.2 Å². The predicted molar refractivity (Wildman–Crippen MR) is 114 cm³/mol. The van der Waals surface area contributed by atoms with Crippen molar-refractivity contribution in [2.24, 2.45) is 12.0 Å². The van der Waals surface area contributed by atoms with Gasteiger partial charge in [0.1, 0.15) is 0 Å². The number of nitrogens with one attached hydrogen (secondary N) is 1. The normalized spacial score (nSPS) is 16.2. The minimum atomic E-state index is -0.0505. The summed E-state index contributed by atoms with van der Waals surface area (Å²) in [4.78, 5) is 25.3. The molecule has 7 nitrogen and oxygen atoms in total. The van der Waals surface area contributed by atoms with Gasteiger partial charge in [-0.3, -0.25) is 9.79 Å². The monoisotopic (exact) mass is 382 g/mol. The molecular formula is C21H30N6O. The molecule has 1 N–H and O–H groups in total. The molecule has 1 unspecified atom stereocenters. The zero-order valence-electron chi connectivity index (χ0n) is 17.2. The van der Waals surface area contributed by atoms with Crippen LogP contribution in [0.25, 0.3) is 0 Å². The van der Waals surface area contributed by atoms with Crippen LogP contribution in [0.15, 0.2) is 46.4 Å². The molecular weight excluding hydrogens is 352 g/mol. The van der Waals surface area contributed by atoms with Gasteiger partial charge in [-0.1, -0.05) is 36.8 Å². The van der Waals surface area contributed by atoms with E-state index in [9.17, 15) is 4.79 Å². The van der Waals surface area contributed by atoms with E-state index >= 15 is 0 Å². The highest BCUT2D eigenvalue weighted by molar-refractivity contribution is 5.80. The van der Waals surface area contributed by atoms with Gasteiger partial charge in [0.15, 0.2) is 11.8 Å². The fourth-order valence-corrected chi connectivity index (χ4v) is 3.50. The first-order valence-corrected chi connectivity index (χ1v) is 9.78. The number of rotatable bonds is 4. The molecule has 1 aliphatic rings. The number of anilines is 1. The number of piperazine rings is 1. The summed E-state index contributed by atoms with van der Waals surface area (Å²) in [7, 11) is 3.57. The maximum absolute atomic E-state index is 12.3. The van der Waals surface area contributed by atoms with Crippen LogP contribution in [-0.4, -0.2) is 60.2 Å². The second kappa shape index (κ2) is 8.91. The third-order valence-electron chi connectivity index (χ3n) is 5.27. The molecule has 1 aromatic heterocycles. The summed E-state index contributed by atoms with van der Waals surface area (Å²) < 4.78 is 1.57. The Morgan fingerprint density at radius 2 is 2.04 bits per heavy atom. The predicted octanol–water partition coefficient (Wildman–Crippen LogP) is 1.59. The number of guanidine groups is 1. The summed E-state index contributed by atoms with van der Waals surface area (Å²) in [6.45, 7) is 8.29. The van der Waals surface area contributed by atoms with Gasteiger partial charge in [-0.05, 0) is 18.4 Å². The number of aromatic nitrogens is 2. The van der Waals surface area contributed by atoms with Crippen molar-refractivity contribution >= 4 is 11.8 Å². The highest BCUT2D eigenvalue weighted by atomic mass is 16.1. The Morgan fingerprint density at radius 3 is 2.71 bits per heavy atom. The van der Waals surface area contributed by atoms with Crippen LogP contribution in [0.4, 0.5) is 5.82 Å². The van der Waals surface area contributed by atoms with Gasteiger partial charge in [-0.25, -0.2) is 4.98 Å². The Morgan fingerprint density at radius 1 is 1.29 bits per heavy atom. The standard InChI is InChI=1S/C21H30N6O/c1-16-6-5-7-18(14-16)17(2)15-24-21(22-3)27-12-10-26(11-13-27)19-20(28)25(4)9-8-23-19/h5-9,14,17H,10-13,15H2,1-4H3,(H,22,24). The molecule has 150 valence electrons. The average Bonchev–Trinajstić information content (AvgIpc) is 2.71. The van der Waals surface area contributed by atoms with Crippen LogP contribution in [0, 0.1) is 6.92 Å². The van der Waals surface area contributed by atoms with Gasteiger partial charge < -0.3 is 19.7 Å². The molecule has 28 heavy (non-hydrogen) atoms. The van der Waals surface area contributed by atoms with Crippen molar-refractivity contribution in [3.63, 3.8) is 0 Å². The molecule has 7 heteroatoms. The van der Waals surface area contributed by atoms with Crippen LogP contribution in [0.5, 0.6) is 0 Å². The summed E-state index contributed by atoms with van der Waals surface area (Å²) in [6.07, 6.45) is 3.36. The molecule has 1 aliphatic heterocycles. The summed E-state index contributed by atoms with van der Waals surface area (Å²) >= 11 is 0. The number of nitrogens with zero attached hydrogens (tertiary/aromatic N) is 5. The smallest absolute Gasteiger partial charge is 0.293 e. The molecule has 2 heterocycles. The van der Waals surface area contributed by atoms with E-state index in [2.05, 4.69) is 63.2 Å². The highest BCUT2D eigenvalue weighted by Crippen LogP contribution is 2.16. The minimum Gasteiger partial charge on any atom is -0.356 e. The van der Waals surface area contributed by atoms with E-state index in [0.29, 0.717) is 11.7 Å². The van der Waals surface area contributed by atoms with Crippen molar-refractivity contribution in [3.8, 4) is 0 Å². The van der Waals surface area contributed by atoms with E-state index in [1.54, 1.807) is 24.0 Å². The molecule has 0 spiro atoms. The Bertz CT molecular complexity index is 882. The van der Waals surface area contributed by atoms with Crippen LogP contribution in [0.1, 0.15) is 24.0 Å². The third kappa shape index (κ3) is 4.52. The topological polar surface area (TPSA) is 65.8 Å². The van der Waals surface area contributed by atoms with Crippen LogP contribution in [-0.2, 0) is 7.05 Å². The van der Waals surface area contributed by atoms with E-state index < -0.39 is 0 Å². The number of hydrogen-bond acceptors (Lipinski definition) is 4. The molecule has 0 amide bonds.